The van der Waals surface area contributed by atoms with Crippen molar-refractivity contribution >= 4 is 35.1 Å². The van der Waals surface area contributed by atoms with Crippen molar-refractivity contribution in [3.63, 3.8) is 0 Å². The lowest BCUT2D eigenvalue weighted by molar-refractivity contribution is -0.131. The molecular formula is C26H23FN2O2. The Kier molecular flexibility index (Phi) is 6.78. The molecule has 3 rings (SSSR count). The van der Waals surface area contributed by atoms with Crippen molar-refractivity contribution in [2.24, 2.45) is 0 Å². The summed E-state index contributed by atoms with van der Waals surface area (Å²) in [6.45, 7) is 1.96. The Morgan fingerprint density at radius 3 is 2.32 bits per heavy atom. The number of carboxylic acids is 1. The molecule has 0 aliphatic heterocycles. The SMILES string of the molecule is CC/C(=C(/c1ccc(/C=C/C(=O)O)cc1)c1cccc(N)c1C=N)c1ccccc1F. The zero-order valence-electron chi connectivity index (χ0n) is 17.1. The summed E-state index contributed by atoms with van der Waals surface area (Å²) in [5, 5.41) is 16.7. The summed E-state index contributed by atoms with van der Waals surface area (Å²) in [5.74, 6) is -1.34. The Balaban J connectivity index is 2.30. The number of rotatable bonds is 7. The predicted octanol–water partition coefficient (Wildman–Crippen LogP) is 5.87. The molecule has 3 aromatic carbocycles. The Morgan fingerprint density at radius 2 is 1.71 bits per heavy atom. The molecule has 4 N–H and O–H groups in total. The van der Waals surface area contributed by atoms with Gasteiger partial charge in [-0.3, -0.25) is 0 Å². The normalized spacial score (nSPS) is 11.9. The second kappa shape index (κ2) is 9.67. The number of anilines is 1. The van der Waals surface area contributed by atoms with E-state index in [9.17, 15) is 9.18 Å². The van der Waals surface area contributed by atoms with E-state index in [0.717, 1.165) is 33.9 Å². The Labute approximate surface area is 180 Å². The van der Waals surface area contributed by atoms with Gasteiger partial charge in [-0.1, -0.05) is 61.5 Å². The molecule has 156 valence electrons. The van der Waals surface area contributed by atoms with Crippen LogP contribution in [0, 0.1) is 11.2 Å². The molecule has 0 bridgehead atoms. The number of allylic oxidation sites excluding steroid dienone is 1. The van der Waals surface area contributed by atoms with Crippen LogP contribution in [0.15, 0.2) is 72.8 Å². The van der Waals surface area contributed by atoms with Gasteiger partial charge in [-0.25, -0.2) is 9.18 Å². The molecule has 4 nitrogen and oxygen atoms in total. The minimum atomic E-state index is -1.02. The van der Waals surface area contributed by atoms with E-state index < -0.39 is 5.97 Å². The lowest BCUT2D eigenvalue weighted by Crippen LogP contribution is -2.03. The predicted molar refractivity (Wildman–Crippen MR) is 124 cm³/mol. The minimum Gasteiger partial charge on any atom is -0.478 e. The third-order valence-electron chi connectivity index (χ3n) is 5.03. The first-order valence-corrected chi connectivity index (χ1v) is 9.85. The van der Waals surface area contributed by atoms with Crippen LogP contribution in [-0.4, -0.2) is 17.3 Å². The van der Waals surface area contributed by atoms with Gasteiger partial charge in [-0.05, 0) is 52.5 Å². The summed E-state index contributed by atoms with van der Waals surface area (Å²) in [5.41, 5.74) is 11.5. The summed E-state index contributed by atoms with van der Waals surface area (Å²) >= 11 is 0. The van der Waals surface area contributed by atoms with E-state index in [4.69, 9.17) is 16.2 Å². The lowest BCUT2D eigenvalue weighted by atomic mass is 9.85. The maximum Gasteiger partial charge on any atom is 0.328 e. The van der Waals surface area contributed by atoms with Crippen molar-refractivity contribution in [2.45, 2.75) is 13.3 Å². The maximum atomic E-state index is 14.8. The molecule has 0 heterocycles. The lowest BCUT2D eigenvalue weighted by Gasteiger charge is -2.19. The van der Waals surface area contributed by atoms with Gasteiger partial charge in [0.05, 0.1) is 0 Å². The number of benzene rings is 3. The van der Waals surface area contributed by atoms with Crippen LogP contribution in [0.3, 0.4) is 0 Å². The second-order valence-electron chi connectivity index (χ2n) is 6.93. The number of carbonyl (C=O) groups is 1. The van der Waals surface area contributed by atoms with Crippen molar-refractivity contribution in [1.29, 1.82) is 5.41 Å². The van der Waals surface area contributed by atoms with E-state index in [1.54, 1.807) is 36.4 Å². The molecule has 0 amide bonds. The summed E-state index contributed by atoms with van der Waals surface area (Å²) in [6, 6.07) is 19.4. The molecule has 31 heavy (non-hydrogen) atoms. The fourth-order valence-electron chi connectivity index (χ4n) is 3.59. The molecule has 0 unspecified atom stereocenters. The van der Waals surface area contributed by atoms with Crippen LogP contribution in [0.4, 0.5) is 10.1 Å². The van der Waals surface area contributed by atoms with Crippen molar-refractivity contribution in [3.05, 3.63) is 106 Å². The number of aliphatic carboxylic acids is 1. The first-order chi connectivity index (χ1) is 15.0. The molecule has 5 heteroatoms. The van der Waals surface area contributed by atoms with Crippen LogP contribution < -0.4 is 5.73 Å². The van der Waals surface area contributed by atoms with E-state index in [1.807, 2.05) is 31.2 Å². The number of nitrogen functional groups attached to an aromatic ring is 1. The van der Waals surface area contributed by atoms with Gasteiger partial charge < -0.3 is 16.2 Å². The monoisotopic (exact) mass is 414 g/mol. The maximum absolute atomic E-state index is 14.8. The van der Waals surface area contributed by atoms with E-state index in [-0.39, 0.29) is 5.82 Å². The molecule has 0 atom stereocenters. The van der Waals surface area contributed by atoms with Gasteiger partial charge in [0, 0.05) is 29.1 Å². The topological polar surface area (TPSA) is 87.2 Å². The van der Waals surface area contributed by atoms with Crippen molar-refractivity contribution in [2.75, 3.05) is 5.73 Å². The summed E-state index contributed by atoms with van der Waals surface area (Å²) in [6.07, 6.45) is 4.36. The average molecular weight is 414 g/mol. The number of nitrogens with one attached hydrogen (secondary N) is 1. The largest absolute Gasteiger partial charge is 0.478 e. The first-order valence-electron chi connectivity index (χ1n) is 9.85. The van der Waals surface area contributed by atoms with Crippen LogP contribution in [0.2, 0.25) is 0 Å². The molecular weight excluding hydrogens is 391 g/mol. The van der Waals surface area contributed by atoms with E-state index >= 15 is 0 Å². The van der Waals surface area contributed by atoms with E-state index in [0.29, 0.717) is 23.2 Å². The fourth-order valence-corrected chi connectivity index (χ4v) is 3.59. The van der Waals surface area contributed by atoms with Crippen LogP contribution in [0.25, 0.3) is 17.2 Å². The Morgan fingerprint density at radius 1 is 1.03 bits per heavy atom. The average Bonchev–Trinajstić information content (AvgIpc) is 2.77. The first kappa shape index (κ1) is 21.7. The van der Waals surface area contributed by atoms with Gasteiger partial charge >= 0.3 is 5.97 Å². The van der Waals surface area contributed by atoms with Crippen molar-refractivity contribution in [3.8, 4) is 0 Å². The molecule has 0 aliphatic rings. The van der Waals surface area contributed by atoms with E-state index in [1.165, 1.54) is 18.4 Å². The van der Waals surface area contributed by atoms with Crippen molar-refractivity contribution < 1.29 is 14.3 Å². The summed E-state index contributed by atoms with van der Waals surface area (Å²) in [7, 11) is 0. The smallest absolute Gasteiger partial charge is 0.328 e. The molecule has 0 saturated carbocycles. The molecule has 0 radical (unpaired) electrons. The summed E-state index contributed by atoms with van der Waals surface area (Å²) < 4.78 is 14.8. The number of hydrogen-bond donors (Lipinski definition) is 3. The van der Waals surface area contributed by atoms with Crippen LogP contribution in [0.5, 0.6) is 0 Å². The highest BCUT2D eigenvalue weighted by Crippen LogP contribution is 2.37. The third kappa shape index (κ3) is 4.78. The van der Waals surface area contributed by atoms with E-state index in [2.05, 4.69) is 0 Å². The van der Waals surface area contributed by atoms with Gasteiger partial charge in [0.1, 0.15) is 5.82 Å². The van der Waals surface area contributed by atoms with Crippen LogP contribution >= 0.6 is 0 Å². The zero-order valence-corrected chi connectivity index (χ0v) is 17.1. The highest BCUT2D eigenvalue weighted by molar-refractivity contribution is 6.04. The molecule has 3 aromatic rings. The van der Waals surface area contributed by atoms with Gasteiger partial charge in [0.15, 0.2) is 0 Å². The highest BCUT2D eigenvalue weighted by atomic mass is 19.1. The Hall–Kier alpha value is -3.99. The zero-order chi connectivity index (χ0) is 22.4. The van der Waals surface area contributed by atoms with Crippen LogP contribution in [-0.2, 0) is 4.79 Å². The van der Waals surface area contributed by atoms with Crippen LogP contribution in [0.1, 0.15) is 41.2 Å². The third-order valence-corrected chi connectivity index (χ3v) is 5.03. The van der Waals surface area contributed by atoms with Gasteiger partial charge in [0.25, 0.3) is 0 Å². The standard InChI is InChI=1S/C26H23FN2O2/c1-2-19(20-6-3-4-8-23(20)27)26(21-7-5-9-24(29)22(21)16-28)18-13-10-17(11-14-18)12-15-25(30)31/h3-16,28H,2,29H2,1H3,(H,30,31)/b15-12+,26-19+,28-16?. The second-order valence-corrected chi connectivity index (χ2v) is 6.93. The summed E-state index contributed by atoms with van der Waals surface area (Å²) in [4.78, 5) is 10.8. The number of hydrogen-bond acceptors (Lipinski definition) is 3. The molecule has 0 spiro atoms. The molecule has 0 aromatic heterocycles. The van der Waals surface area contributed by atoms with Gasteiger partial charge in [-0.2, -0.15) is 0 Å². The van der Waals surface area contributed by atoms with Gasteiger partial charge in [0.2, 0.25) is 0 Å². The van der Waals surface area contributed by atoms with Gasteiger partial charge in [-0.15, -0.1) is 0 Å². The number of halogens is 1. The molecule has 0 fully saturated rings. The fraction of sp³-hybridized carbons (Fsp3) is 0.0769. The highest BCUT2D eigenvalue weighted by Gasteiger charge is 2.18. The molecule has 0 aliphatic carbocycles. The minimum absolute atomic E-state index is 0.321. The Bertz CT molecular complexity index is 1180. The number of nitrogens with two attached hydrogens (primary N) is 1. The quantitative estimate of drug-likeness (QED) is 0.195. The number of carboxylic acid groups (broad SMARTS) is 1. The van der Waals surface area contributed by atoms with Crippen molar-refractivity contribution in [1.82, 2.24) is 0 Å². The molecule has 0 saturated heterocycles.